The number of carbonyl (C=O) groups is 1. The van der Waals surface area contributed by atoms with E-state index < -0.39 is 17.9 Å². The molecule has 0 aliphatic carbocycles. The Hall–Kier alpha value is -1.88. The summed E-state index contributed by atoms with van der Waals surface area (Å²) < 4.78 is 13.8. The zero-order chi connectivity index (χ0) is 11.9. The number of carboxylic acid groups (broad SMARTS) is 1. The molecule has 1 atom stereocenters. The number of nitrogens with one attached hydrogen (secondary N) is 1. The van der Waals surface area contributed by atoms with Crippen LogP contribution in [0.1, 0.15) is 17.4 Å². The maximum absolute atomic E-state index is 13.8. The quantitative estimate of drug-likeness (QED) is 0.725. The van der Waals surface area contributed by atoms with Gasteiger partial charge < -0.3 is 15.2 Å². The van der Waals surface area contributed by atoms with E-state index >= 15 is 0 Å². The highest BCUT2D eigenvalue weighted by molar-refractivity contribution is 5.84. The summed E-state index contributed by atoms with van der Waals surface area (Å²) in [6.07, 6.45) is -1.83. The number of benzene rings is 1. The number of fused-ring (bicyclic) bond motifs is 1. The molecule has 84 valence electrons. The van der Waals surface area contributed by atoms with Crippen LogP contribution >= 0.6 is 0 Å². The number of aryl methyl sites for hydroxylation is 1. The second-order valence-corrected chi connectivity index (χ2v) is 3.62. The highest BCUT2D eigenvalue weighted by atomic mass is 19.1. The summed E-state index contributed by atoms with van der Waals surface area (Å²) in [7, 11) is 0. The molecule has 0 spiro atoms. The van der Waals surface area contributed by atoms with Crippen LogP contribution in [0.3, 0.4) is 0 Å². The molecule has 0 radical (unpaired) electrons. The van der Waals surface area contributed by atoms with Gasteiger partial charge >= 0.3 is 5.97 Å². The van der Waals surface area contributed by atoms with E-state index in [9.17, 15) is 14.3 Å². The number of aromatic amines is 1. The van der Waals surface area contributed by atoms with E-state index in [1.807, 2.05) is 0 Å². The fourth-order valence-corrected chi connectivity index (χ4v) is 1.67. The Morgan fingerprint density at radius 2 is 2.19 bits per heavy atom. The van der Waals surface area contributed by atoms with E-state index in [0.29, 0.717) is 5.52 Å². The van der Waals surface area contributed by atoms with E-state index in [2.05, 4.69) is 4.98 Å². The third-order valence-corrected chi connectivity index (χ3v) is 2.43. The molecule has 0 aliphatic rings. The van der Waals surface area contributed by atoms with Crippen LogP contribution in [-0.2, 0) is 4.79 Å². The molecule has 1 aromatic heterocycles. The van der Waals surface area contributed by atoms with Gasteiger partial charge in [-0.3, -0.25) is 0 Å². The van der Waals surface area contributed by atoms with Crippen LogP contribution < -0.4 is 0 Å². The van der Waals surface area contributed by atoms with Gasteiger partial charge in [-0.1, -0.05) is 6.07 Å². The Bertz CT molecular complexity index is 562. The predicted molar refractivity (Wildman–Crippen MR) is 55.6 cm³/mol. The zero-order valence-electron chi connectivity index (χ0n) is 8.49. The fourth-order valence-electron chi connectivity index (χ4n) is 1.67. The van der Waals surface area contributed by atoms with E-state index in [1.165, 1.54) is 6.07 Å². The number of carboxylic acids is 1. The first-order valence-corrected chi connectivity index (χ1v) is 4.69. The second-order valence-electron chi connectivity index (χ2n) is 3.62. The molecule has 0 fully saturated rings. The summed E-state index contributed by atoms with van der Waals surface area (Å²) >= 11 is 0. The van der Waals surface area contributed by atoms with E-state index in [4.69, 9.17) is 5.11 Å². The van der Waals surface area contributed by atoms with Crippen LogP contribution in [0.15, 0.2) is 18.2 Å². The van der Waals surface area contributed by atoms with Gasteiger partial charge in [0.15, 0.2) is 6.10 Å². The topological polar surface area (TPSA) is 73.3 Å². The molecular formula is C11H10FNO3. The van der Waals surface area contributed by atoms with Crippen LogP contribution in [-0.4, -0.2) is 21.2 Å². The lowest BCUT2D eigenvalue weighted by Crippen LogP contribution is -2.12. The van der Waals surface area contributed by atoms with Gasteiger partial charge in [0.05, 0.1) is 0 Å². The molecule has 0 amide bonds. The SMILES string of the molecule is Cc1cc2c(F)c(C(O)C(=O)O)ccc2[nH]1. The fraction of sp³-hybridized carbons (Fsp3) is 0.182. The van der Waals surface area contributed by atoms with Crippen molar-refractivity contribution >= 4 is 16.9 Å². The van der Waals surface area contributed by atoms with E-state index in [1.54, 1.807) is 19.1 Å². The van der Waals surface area contributed by atoms with Crippen LogP contribution in [0.5, 0.6) is 0 Å². The number of hydrogen-bond acceptors (Lipinski definition) is 2. The molecule has 2 rings (SSSR count). The van der Waals surface area contributed by atoms with Gasteiger partial charge in [0.2, 0.25) is 0 Å². The van der Waals surface area contributed by atoms with Crippen molar-refractivity contribution in [2.45, 2.75) is 13.0 Å². The lowest BCUT2D eigenvalue weighted by Gasteiger charge is -2.07. The van der Waals surface area contributed by atoms with Gasteiger partial charge in [-0.2, -0.15) is 0 Å². The average molecular weight is 223 g/mol. The van der Waals surface area contributed by atoms with Crippen molar-refractivity contribution in [3.8, 4) is 0 Å². The molecule has 0 bridgehead atoms. The second kappa shape index (κ2) is 3.61. The van der Waals surface area contributed by atoms with Crippen LogP contribution in [0, 0.1) is 12.7 Å². The Morgan fingerprint density at radius 1 is 1.50 bits per heavy atom. The summed E-state index contributed by atoms with van der Waals surface area (Å²) in [5.74, 6) is -2.16. The highest BCUT2D eigenvalue weighted by Crippen LogP contribution is 2.25. The van der Waals surface area contributed by atoms with E-state index in [-0.39, 0.29) is 10.9 Å². The van der Waals surface area contributed by atoms with Crippen molar-refractivity contribution in [3.05, 3.63) is 35.3 Å². The number of aliphatic carboxylic acids is 1. The van der Waals surface area contributed by atoms with Gasteiger partial charge in [-0.15, -0.1) is 0 Å². The first-order chi connectivity index (χ1) is 7.50. The van der Waals surface area contributed by atoms with Gasteiger partial charge in [-0.25, -0.2) is 9.18 Å². The molecule has 1 aromatic carbocycles. The minimum atomic E-state index is -1.83. The van der Waals surface area contributed by atoms with Crippen molar-refractivity contribution in [2.24, 2.45) is 0 Å². The molecule has 2 aromatic rings. The third-order valence-electron chi connectivity index (χ3n) is 2.43. The Balaban J connectivity index is 2.64. The standard InChI is InChI=1S/C11H10FNO3/c1-5-4-7-8(13-5)3-2-6(9(7)12)10(14)11(15)16/h2-4,10,13-14H,1H3,(H,15,16). The number of aliphatic hydroxyl groups is 1. The Morgan fingerprint density at radius 3 is 2.81 bits per heavy atom. The molecule has 4 nitrogen and oxygen atoms in total. The van der Waals surface area contributed by atoms with Gasteiger partial charge in [0.25, 0.3) is 0 Å². The monoisotopic (exact) mass is 223 g/mol. The number of hydrogen-bond donors (Lipinski definition) is 3. The average Bonchev–Trinajstić information content (AvgIpc) is 2.59. The molecule has 1 unspecified atom stereocenters. The third kappa shape index (κ3) is 1.55. The van der Waals surface area contributed by atoms with Crippen LogP contribution in [0.4, 0.5) is 4.39 Å². The molecule has 3 N–H and O–H groups in total. The zero-order valence-corrected chi connectivity index (χ0v) is 8.49. The van der Waals surface area contributed by atoms with Gasteiger partial charge in [0.1, 0.15) is 5.82 Å². The minimum Gasteiger partial charge on any atom is -0.479 e. The van der Waals surface area contributed by atoms with Crippen molar-refractivity contribution in [1.82, 2.24) is 4.98 Å². The first-order valence-electron chi connectivity index (χ1n) is 4.69. The highest BCUT2D eigenvalue weighted by Gasteiger charge is 2.21. The smallest absolute Gasteiger partial charge is 0.337 e. The lowest BCUT2D eigenvalue weighted by atomic mass is 10.1. The maximum Gasteiger partial charge on any atom is 0.337 e. The molecular weight excluding hydrogens is 213 g/mol. The maximum atomic E-state index is 13.8. The summed E-state index contributed by atoms with van der Waals surface area (Å²) in [4.78, 5) is 13.5. The molecule has 5 heteroatoms. The first kappa shape index (κ1) is 10.6. The number of rotatable bonds is 2. The van der Waals surface area contributed by atoms with Crippen LogP contribution in [0.25, 0.3) is 10.9 Å². The van der Waals surface area contributed by atoms with Gasteiger partial charge in [0, 0.05) is 22.2 Å². The van der Waals surface area contributed by atoms with Crippen LogP contribution in [0.2, 0.25) is 0 Å². The van der Waals surface area contributed by atoms with Gasteiger partial charge in [-0.05, 0) is 19.1 Å². The Kier molecular flexibility index (Phi) is 2.40. The number of aliphatic hydroxyl groups excluding tert-OH is 1. The lowest BCUT2D eigenvalue weighted by molar-refractivity contribution is -0.147. The molecule has 1 heterocycles. The molecule has 0 saturated carbocycles. The van der Waals surface area contributed by atoms with E-state index in [0.717, 1.165) is 5.69 Å². The summed E-state index contributed by atoms with van der Waals surface area (Å²) in [5.41, 5.74) is 1.13. The molecule has 0 saturated heterocycles. The molecule has 16 heavy (non-hydrogen) atoms. The normalized spacial score (nSPS) is 12.9. The minimum absolute atomic E-state index is 0.223. The van der Waals surface area contributed by atoms with Crippen molar-refractivity contribution in [1.29, 1.82) is 0 Å². The Labute approximate surface area is 90.3 Å². The summed E-state index contributed by atoms with van der Waals surface area (Å²) in [5, 5.41) is 18.2. The summed E-state index contributed by atoms with van der Waals surface area (Å²) in [6, 6.07) is 4.39. The largest absolute Gasteiger partial charge is 0.479 e. The predicted octanol–water partition coefficient (Wildman–Crippen LogP) is 1.73. The summed E-state index contributed by atoms with van der Waals surface area (Å²) in [6.45, 7) is 1.77. The number of aromatic nitrogens is 1. The van der Waals surface area contributed by atoms with Crippen molar-refractivity contribution in [2.75, 3.05) is 0 Å². The number of H-pyrrole nitrogens is 1. The van der Waals surface area contributed by atoms with Crippen molar-refractivity contribution < 1.29 is 19.4 Å². The molecule has 0 aliphatic heterocycles. The number of halogens is 1. The van der Waals surface area contributed by atoms with Crippen molar-refractivity contribution in [3.63, 3.8) is 0 Å².